The van der Waals surface area contributed by atoms with Crippen molar-refractivity contribution < 1.29 is 9.47 Å². The van der Waals surface area contributed by atoms with Gasteiger partial charge in [-0.3, -0.25) is 0 Å². The molecule has 3 nitrogen and oxygen atoms in total. The van der Waals surface area contributed by atoms with Crippen molar-refractivity contribution in [2.45, 2.75) is 46.6 Å². The van der Waals surface area contributed by atoms with Crippen LogP contribution in [0.5, 0.6) is 5.75 Å². The van der Waals surface area contributed by atoms with E-state index in [0.29, 0.717) is 5.41 Å². The second kappa shape index (κ2) is 9.06. The van der Waals surface area contributed by atoms with Gasteiger partial charge in [-0.05, 0) is 49.8 Å². The number of aryl methyl sites for hydroxylation is 1. The quantitative estimate of drug-likeness (QED) is 0.668. The average molecular weight is 293 g/mol. The van der Waals surface area contributed by atoms with Gasteiger partial charge < -0.3 is 14.8 Å². The van der Waals surface area contributed by atoms with E-state index in [2.05, 4.69) is 43.4 Å². The maximum atomic E-state index is 5.67. The third-order valence-corrected chi connectivity index (χ3v) is 3.47. The molecule has 0 aliphatic carbocycles. The van der Waals surface area contributed by atoms with Crippen LogP contribution in [0.15, 0.2) is 24.3 Å². The van der Waals surface area contributed by atoms with Crippen LogP contribution in [0, 0.1) is 5.41 Å². The van der Waals surface area contributed by atoms with Gasteiger partial charge in [0.1, 0.15) is 5.75 Å². The van der Waals surface area contributed by atoms with Gasteiger partial charge in [0.2, 0.25) is 0 Å². The molecular weight excluding hydrogens is 262 g/mol. The van der Waals surface area contributed by atoms with E-state index in [-0.39, 0.29) is 6.10 Å². The fourth-order valence-corrected chi connectivity index (χ4v) is 2.18. The highest BCUT2D eigenvalue weighted by molar-refractivity contribution is 5.27. The summed E-state index contributed by atoms with van der Waals surface area (Å²) in [6, 6.07) is 8.48. The summed E-state index contributed by atoms with van der Waals surface area (Å²) in [6.45, 7) is 11.4. The van der Waals surface area contributed by atoms with Crippen molar-refractivity contribution in [2.24, 2.45) is 5.41 Å². The first-order chi connectivity index (χ1) is 9.93. The van der Waals surface area contributed by atoms with Crippen molar-refractivity contribution in [1.82, 2.24) is 5.32 Å². The van der Waals surface area contributed by atoms with E-state index < -0.39 is 0 Å². The molecule has 1 N–H and O–H groups in total. The highest BCUT2D eigenvalue weighted by Crippen LogP contribution is 2.23. The smallest absolute Gasteiger partial charge is 0.119 e. The van der Waals surface area contributed by atoms with Crippen LogP contribution in [-0.2, 0) is 11.2 Å². The van der Waals surface area contributed by atoms with Gasteiger partial charge in [-0.2, -0.15) is 0 Å². The Morgan fingerprint density at radius 3 is 2.38 bits per heavy atom. The largest absolute Gasteiger partial charge is 0.491 e. The van der Waals surface area contributed by atoms with Crippen molar-refractivity contribution in [3.8, 4) is 5.75 Å². The summed E-state index contributed by atoms with van der Waals surface area (Å²) in [6.07, 6.45) is 2.49. The number of nitrogens with one attached hydrogen (secondary N) is 1. The van der Waals surface area contributed by atoms with Gasteiger partial charge in [0.25, 0.3) is 0 Å². The molecule has 0 saturated heterocycles. The van der Waals surface area contributed by atoms with Crippen LogP contribution in [0.2, 0.25) is 0 Å². The van der Waals surface area contributed by atoms with Crippen LogP contribution in [-0.4, -0.2) is 32.9 Å². The SMILES string of the molecule is COCCNCC(C)(C)CCc1ccc(OC(C)C)cc1. The second-order valence-corrected chi connectivity index (χ2v) is 6.64. The molecule has 0 heterocycles. The highest BCUT2D eigenvalue weighted by atomic mass is 16.5. The molecule has 21 heavy (non-hydrogen) atoms. The third kappa shape index (κ3) is 8.08. The molecule has 0 radical (unpaired) electrons. The van der Waals surface area contributed by atoms with Gasteiger partial charge in [-0.15, -0.1) is 0 Å². The van der Waals surface area contributed by atoms with Crippen molar-refractivity contribution in [3.05, 3.63) is 29.8 Å². The molecule has 0 aliphatic heterocycles. The Balaban J connectivity index is 2.36. The summed E-state index contributed by atoms with van der Waals surface area (Å²) in [5, 5.41) is 3.45. The van der Waals surface area contributed by atoms with E-state index in [9.17, 15) is 0 Å². The van der Waals surface area contributed by atoms with E-state index in [1.807, 2.05) is 13.8 Å². The molecule has 1 rings (SSSR count). The molecule has 0 atom stereocenters. The first kappa shape index (κ1) is 18.0. The van der Waals surface area contributed by atoms with Gasteiger partial charge >= 0.3 is 0 Å². The number of rotatable bonds is 10. The molecule has 0 spiro atoms. The van der Waals surface area contributed by atoms with Crippen LogP contribution in [0.1, 0.15) is 39.7 Å². The lowest BCUT2D eigenvalue weighted by molar-refractivity contribution is 0.193. The molecule has 0 aliphatic rings. The van der Waals surface area contributed by atoms with E-state index in [1.54, 1.807) is 7.11 Å². The van der Waals surface area contributed by atoms with Gasteiger partial charge in [0, 0.05) is 20.2 Å². The lowest BCUT2D eigenvalue weighted by atomic mass is 9.86. The van der Waals surface area contributed by atoms with Crippen LogP contribution >= 0.6 is 0 Å². The second-order valence-electron chi connectivity index (χ2n) is 6.64. The molecule has 1 aromatic rings. The predicted octanol–water partition coefficient (Wildman–Crippen LogP) is 3.67. The number of methoxy groups -OCH3 is 1. The Kier molecular flexibility index (Phi) is 7.76. The molecule has 0 unspecified atom stereocenters. The minimum Gasteiger partial charge on any atom is -0.491 e. The zero-order valence-corrected chi connectivity index (χ0v) is 14.2. The van der Waals surface area contributed by atoms with Crippen LogP contribution in [0.4, 0.5) is 0 Å². The van der Waals surface area contributed by atoms with Gasteiger partial charge in [-0.25, -0.2) is 0 Å². The van der Waals surface area contributed by atoms with Crippen LogP contribution < -0.4 is 10.1 Å². The van der Waals surface area contributed by atoms with Gasteiger partial charge in [0.05, 0.1) is 12.7 Å². The predicted molar refractivity (Wildman–Crippen MR) is 89.1 cm³/mol. The minimum atomic E-state index is 0.230. The third-order valence-electron chi connectivity index (χ3n) is 3.47. The number of benzene rings is 1. The standard InChI is InChI=1S/C18H31NO2/c1-15(2)21-17-8-6-16(7-9-17)10-11-18(3,4)14-19-12-13-20-5/h6-9,15,19H,10-14H2,1-5H3. The minimum absolute atomic E-state index is 0.230. The van der Waals surface area contributed by atoms with Crippen molar-refractivity contribution in [1.29, 1.82) is 0 Å². The molecule has 120 valence electrons. The zero-order chi connectivity index (χ0) is 15.7. The Hall–Kier alpha value is -1.06. The first-order valence-corrected chi connectivity index (χ1v) is 7.88. The van der Waals surface area contributed by atoms with Crippen LogP contribution in [0.25, 0.3) is 0 Å². The maximum Gasteiger partial charge on any atom is 0.119 e. The highest BCUT2D eigenvalue weighted by Gasteiger charge is 2.17. The van der Waals surface area contributed by atoms with E-state index in [4.69, 9.17) is 9.47 Å². The summed E-state index contributed by atoms with van der Waals surface area (Å²) < 4.78 is 10.7. The molecule has 0 aromatic heterocycles. The van der Waals surface area contributed by atoms with Crippen LogP contribution in [0.3, 0.4) is 0 Å². The summed E-state index contributed by atoms with van der Waals surface area (Å²) >= 11 is 0. The molecule has 3 heteroatoms. The Labute approximate surface area is 130 Å². The van der Waals surface area contributed by atoms with E-state index in [1.165, 1.54) is 5.56 Å². The Morgan fingerprint density at radius 2 is 1.81 bits per heavy atom. The maximum absolute atomic E-state index is 5.67. The van der Waals surface area contributed by atoms with Crippen molar-refractivity contribution >= 4 is 0 Å². The summed E-state index contributed by atoms with van der Waals surface area (Å²) in [7, 11) is 1.74. The lowest BCUT2D eigenvalue weighted by Crippen LogP contribution is -2.31. The number of ether oxygens (including phenoxy) is 2. The zero-order valence-electron chi connectivity index (χ0n) is 14.2. The summed E-state index contributed by atoms with van der Waals surface area (Å²) in [4.78, 5) is 0. The molecule has 0 bridgehead atoms. The Bertz CT molecular complexity index is 385. The van der Waals surface area contributed by atoms with Gasteiger partial charge in [-0.1, -0.05) is 26.0 Å². The lowest BCUT2D eigenvalue weighted by Gasteiger charge is -2.25. The van der Waals surface area contributed by atoms with Crippen molar-refractivity contribution in [2.75, 3.05) is 26.8 Å². The van der Waals surface area contributed by atoms with Crippen molar-refractivity contribution in [3.63, 3.8) is 0 Å². The molecule has 1 aromatic carbocycles. The fraction of sp³-hybridized carbons (Fsp3) is 0.667. The van der Waals surface area contributed by atoms with E-state index >= 15 is 0 Å². The summed E-state index contributed by atoms with van der Waals surface area (Å²) in [5.74, 6) is 0.953. The normalized spacial score (nSPS) is 11.9. The molecular formula is C18H31NO2. The van der Waals surface area contributed by atoms with Gasteiger partial charge in [0.15, 0.2) is 0 Å². The van der Waals surface area contributed by atoms with E-state index in [0.717, 1.165) is 38.3 Å². The molecule has 0 fully saturated rings. The molecule has 0 amide bonds. The molecule has 0 saturated carbocycles. The monoisotopic (exact) mass is 293 g/mol. The fourth-order valence-electron chi connectivity index (χ4n) is 2.18. The summed E-state index contributed by atoms with van der Waals surface area (Å²) in [5.41, 5.74) is 1.66. The number of hydrogen-bond donors (Lipinski definition) is 1. The average Bonchev–Trinajstić information content (AvgIpc) is 2.42. The Morgan fingerprint density at radius 1 is 1.14 bits per heavy atom. The first-order valence-electron chi connectivity index (χ1n) is 7.88. The topological polar surface area (TPSA) is 30.5 Å². The number of hydrogen-bond acceptors (Lipinski definition) is 3.